The van der Waals surface area contributed by atoms with Crippen molar-refractivity contribution in [2.75, 3.05) is 6.54 Å². The lowest BCUT2D eigenvalue weighted by Gasteiger charge is -2.34. The van der Waals surface area contributed by atoms with Crippen LogP contribution in [0.5, 0.6) is 0 Å². The average Bonchev–Trinajstić information content (AvgIpc) is 2.89. The molecular formula is C14H22N2O4. The van der Waals surface area contributed by atoms with E-state index in [2.05, 4.69) is 0 Å². The molecule has 1 saturated carbocycles. The van der Waals surface area contributed by atoms with Crippen LogP contribution in [0.3, 0.4) is 0 Å². The van der Waals surface area contributed by atoms with Gasteiger partial charge in [-0.15, -0.1) is 0 Å². The number of amides is 2. The number of hydrogen-bond acceptors (Lipinski definition) is 3. The summed E-state index contributed by atoms with van der Waals surface area (Å²) in [4.78, 5) is 36.8. The number of aliphatic carboxylic acids is 1. The molecule has 0 aromatic rings. The van der Waals surface area contributed by atoms with Gasteiger partial charge in [0.15, 0.2) is 0 Å². The number of nitrogens with zero attached hydrogens (tertiary/aromatic N) is 1. The molecule has 1 saturated heterocycles. The maximum absolute atomic E-state index is 12.4. The molecule has 20 heavy (non-hydrogen) atoms. The van der Waals surface area contributed by atoms with E-state index in [1.54, 1.807) is 0 Å². The van der Waals surface area contributed by atoms with Crippen molar-refractivity contribution >= 4 is 17.8 Å². The van der Waals surface area contributed by atoms with E-state index in [0.717, 1.165) is 25.7 Å². The van der Waals surface area contributed by atoms with Gasteiger partial charge in [0.2, 0.25) is 11.8 Å². The lowest BCUT2D eigenvalue weighted by atomic mass is 9.71. The number of carboxylic acids is 1. The molecule has 2 fully saturated rings. The molecule has 0 radical (unpaired) electrons. The lowest BCUT2D eigenvalue weighted by Crippen LogP contribution is -2.47. The van der Waals surface area contributed by atoms with Crippen molar-refractivity contribution in [1.29, 1.82) is 0 Å². The maximum Gasteiger partial charge on any atom is 0.310 e. The summed E-state index contributed by atoms with van der Waals surface area (Å²) in [6.45, 7) is 0.502. The molecule has 2 amide bonds. The summed E-state index contributed by atoms with van der Waals surface area (Å²) < 4.78 is 0. The Balaban J connectivity index is 2.08. The van der Waals surface area contributed by atoms with Crippen LogP contribution < -0.4 is 5.73 Å². The average molecular weight is 282 g/mol. The molecular weight excluding hydrogens is 260 g/mol. The molecule has 0 aromatic heterocycles. The Bertz CT molecular complexity index is 415. The fourth-order valence-corrected chi connectivity index (χ4v) is 3.45. The first-order valence-electron chi connectivity index (χ1n) is 7.28. The van der Waals surface area contributed by atoms with Crippen LogP contribution in [0.25, 0.3) is 0 Å². The summed E-state index contributed by atoms with van der Waals surface area (Å²) in [5.41, 5.74) is 4.36. The number of likely N-dealkylation sites (tertiary alicyclic amines) is 1. The number of primary amides is 1. The molecule has 1 aliphatic carbocycles. The topological polar surface area (TPSA) is 101 Å². The van der Waals surface area contributed by atoms with E-state index < -0.39 is 23.3 Å². The number of hydrogen-bond donors (Lipinski definition) is 2. The van der Waals surface area contributed by atoms with Crippen molar-refractivity contribution < 1.29 is 19.5 Å². The molecule has 112 valence electrons. The van der Waals surface area contributed by atoms with Crippen molar-refractivity contribution in [1.82, 2.24) is 4.90 Å². The molecule has 3 N–H and O–H groups in total. The Morgan fingerprint density at radius 1 is 1.15 bits per heavy atom. The highest BCUT2D eigenvalue weighted by Crippen LogP contribution is 2.40. The molecule has 0 aromatic carbocycles. The van der Waals surface area contributed by atoms with Crippen LogP contribution in [0.4, 0.5) is 0 Å². The maximum atomic E-state index is 12.4. The minimum atomic E-state index is -0.944. The van der Waals surface area contributed by atoms with Crippen molar-refractivity contribution in [3.63, 3.8) is 0 Å². The quantitative estimate of drug-likeness (QED) is 0.799. The minimum Gasteiger partial charge on any atom is -0.481 e. The molecule has 2 aliphatic rings. The summed E-state index contributed by atoms with van der Waals surface area (Å²) in [5, 5.41) is 9.49. The molecule has 1 atom stereocenters. The second kappa shape index (κ2) is 5.81. The van der Waals surface area contributed by atoms with Crippen molar-refractivity contribution in [2.24, 2.45) is 11.1 Å². The molecule has 2 rings (SSSR count). The third-order valence-corrected chi connectivity index (χ3v) is 4.66. The van der Waals surface area contributed by atoms with Crippen LogP contribution >= 0.6 is 0 Å². The second-order valence-corrected chi connectivity index (χ2v) is 5.97. The highest BCUT2D eigenvalue weighted by molar-refractivity contribution is 5.90. The van der Waals surface area contributed by atoms with Crippen molar-refractivity contribution in [3.05, 3.63) is 0 Å². The van der Waals surface area contributed by atoms with Gasteiger partial charge in [-0.1, -0.05) is 19.3 Å². The Hall–Kier alpha value is -1.59. The van der Waals surface area contributed by atoms with Gasteiger partial charge in [0.25, 0.3) is 0 Å². The van der Waals surface area contributed by atoms with Gasteiger partial charge in [0.05, 0.1) is 5.41 Å². The Kier molecular flexibility index (Phi) is 4.30. The second-order valence-electron chi connectivity index (χ2n) is 5.97. The van der Waals surface area contributed by atoms with E-state index >= 15 is 0 Å². The van der Waals surface area contributed by atoms with Gasteiger partial charge in [0.1, 0.15) is 6.04 Å². The van der Waals surface area contributed by atoms with E-state index in [1.807, 2.05) is 0 Å². The SMILES string of the molecule is NC(=O)C1CCCN1C(=O)CC1(C(=O)O)CCCCC1. The van der Waals surface area contributed by atoms with Gasteiger partial charge < -0.3 is 15.7 Å². The monoisotopic (exact) mass is 282 g/mol. The fourth-order valence-electron chi connectivity index (χ4n) is 3.45. The third kappa shape index (κ3) is 2.78. The molecule has 6 nitrogen and oxygen atoms in total. The van der Waals surface area contributed by atoms with E-state index in [9.17, 15) is 19.5 Å². The number of carboxylic acid groups (broad SMARTS) is 1. The van der Waals surface area contributed by atoms with Crippen LogP contribution in [0, 0.1) is 5.41 Å². The molecule has 1 unspecified atom stereocenters. The molecule has 0 bridgehead atoms. The van der Waals surface area contributed by atoms with E-state index in [4.69, 9.17) is 5.73 Å². The largest absolute Gasteiger partial charge is 0.481 e. The normalized spacial score (nSPS) is 25.4. The molecule has 0 spiro atoms. The van der Waals surface area contributed by atoms with E-state index in [0.29, 0.717) is 25.8 Å². The third-order valence-electron chi connectivity index (χ3n) is 4.66. The first-order valence-corrected chi connectivity index (χ1v) is 7.28. The number of nitrogens with two attached hydrogens (primary N) is 1. The highest BCUT2D eigenvalue weighted by Gasteiger charge is 2.44. The van der Waals surface area contributed by atoms with Crippen molar-refractivity contribution in [3.8, 4) is 0 Å². The lowest BCUT2D eigenvalue weighted by molar-refractivity contribution is -0.156. The van der Waals surface area contributed by atoms with Crippen LogP contribution in [0.2, 0.25) is 0 Å². The van der Waals surface area contributed by atoms with Gasteiger partial charge in [0, 0.05) is 13.0 Å². The van der Waals surface area contributed by atoms with Gasteiger partial charge >= 0.3 is 5.97 Å². The van der Waals surface area contributed by atoms with Crippen LogP contribution in [-0.2, 0) is 14.4 Å². The standard InChI is InChI=1S/C14H22N2O4/c15-12(18)10-5-4-8-16(10)11(17)9-14(13(19)20)6-2-1-3-7-14/h10H,1-9H2,(H2,15,18)(H,19,20). The van der Waals surface area contributed by atoms with Crippen LogP contribution in [-0.4, -0.2) is 40.4 Å². The van der Waals surface area contributed by atoms with Crippen LogP contribution in [0.15, 0.2) is 0 Å². The summed E-state index contributed by atoms with van der Waals surface area (Å²) in [6.07, 6.45) is 5.13. The van der Waals surface area contributed by atoms with Crippen molar-refractivity contribution in [2.45, 2.75) is 57.4 Å². The van der Waals surface area contributed by atoms with Gasteiger partial charge in [-0.05, 0) is 25.7 Å². The predicted molar refractivity (Wildman–Crippen MR) is 71.7 cm³/mol. The summed E-state index contributed by atoms with van der Waals surface area (Å²) in [7, 11) is 0. The zero-order chi connectivity index (χ0) is 14.8. The van der Waals surface area contributed by atoms with E-state index in [-0.39, 0.29) is 12.3 Å². The predicted octanol–water partition coefficient (Wildman–Crippen LogP) is 0.888. The van der Waals surface area contributed by atoms with Gasteiger partial charge in [-0.3, -0.25) is 14.4 Å². The molecule has 6 heteroatoms. The molecule has 1 aliphatic heterocycles. The Morgan fingerprint density at radius 2 is 1.80 bits per heavy atom. The summed E-state index contributed by atoms with van der Waals surface area (Å²) in [6, 6.07) is -0.558. The highest BCUT2D eigenvalue weighted by atomic mass is 16.4. The number of rotatable bonds is 4. The zero-order valence-corrected chi connectivity index (χ0v) is 11.6. The summed E-state index contributed by atoms with van der Waals surface area (Å²) in [5.74, 6) is -1.63. The van der Waals surface area contributed by atoms with Crippen LogP contribution in [0.1, 0.15) is 51.4 Å². The smallest absolute Gasteiger partial charge is 0.310 e. The first kappa shape index (κ1) is 14.8. The Morgan fingerprint density at radius 3 is 2.35 bits per heavy atom. The van der Waals surface area contributed by atoms with Gasteiger partial charge in [-0.25, -0.2) is 0 Å². The van der Waals surface area contributed by atoms with Gasteiger partial charge in [-0.2, -0.15) is 0 Å². The zero-order valence-electron chi connectivity index (χ0n) is 11.6. The number of carbonyl (C=O) groups excluding carboxylic acids is 2. The fraction of sp³-hybridized carbons (Fsp3) is 0.786. The first-order chi connectivity index (χ1) is 9.46. The minimum absolute atomic E-state index is 0.00782. The Labute approximate surface area is 118 Å². The molecule has 1 heterocycles. The summed E-state index contributed by atoms with van der Waals surface area (Å²) >= 11 is 0. The number of carbonyl (C=O) groups is 3. The van der Waals surface area contributed by atoms with E-state index in [1.165, 1.54) is 4.90 Å².